The van der Waals surface area contributed by atoms with Crippen LogP contribution in [0.1, 0.15) is 36.9 Å². The number of alkyl halides is 3. The van der Waals surface area contributed by atoms with Gasteiger partial charge in [-0.2, -0.15) is 13.2 Å². The van der Waals surface area contributed by atoms with Crippen molar-refractivity contribution in [2.45, 2.75) is 51.2 Å². The first kappa shape index (κ1) is 19.4. The second-order valence-electron chi connectivity index (χ2n) is 6.94. The number of halogens is 4. The van der Waals surface area contributed by atoms with Gasteiger partial charge in [0.25, 0.3) is 0 Å². The summed E-state index contributed by atoms with van der Waals surface area (Å²) in [6.45, 7) is 3.40. The number of rotatable bonds is 5. The van der Waals surface area contributed by atoms with E-state index in [9.17, 15) is 27.2 Å². The number of hydrogen-bond donors (Lipinski definition) is 3. The molecule has 0 spiro atoms. The van der Waals surface area contributed by atoms with Crippen molar-refractivity contribution in [1.29, 1.82) is 0 Å². The highest BCUT2D eigenvalue weighted by molar-refractivity contribution is 5.96. The Bertz CT molecular complexity index is 733. The van der Waals surface area contributed by atoms with Crippen molar-refractivity contribution in [3.05, 3.63) is 35.1 Å². The number of amides is 4. The summed E-state index contributed by atoms with van der Waals surface area (Å²) >= 11 is 0. The Morgan fingerprint density at radius 1 is 1.19 bits per heavy atom. The molecule has 2 fully saturated rings. The monoisotopic (exact) mass is 388 g/mol. The Balaban J connectivity index is 1.71. The third-order valence-electron chi connectivity index (χ3n) is 4.69. The van der Waals surface area contributed by atoms with Gasteiger partial charge in [-0.25, -0.2) is 18.9 Å². The van der Waals surface area contributed by atoms with Crippen LogP contribution in [0.4, 0.5) is 27.2 Å². The number of nitrogens with one attached hydrogen (secondary N) is 3. The maximum atomic E-state index is 14.0. The summed E-state index contributed by atoms with van der Waals surface area (Å²) in [7, 11) is 0. The number of aryl methyl sites for hydroxylation is 1. The van der Waals surface area contributed by atoms with Crippen LogP contribution in [0.5, 0.6) is 0 Å². The molecule has 1 aromatic rings. The maximum Gasteiger partial charge on any atom is 0.409 e. The van der Waals surface area contributed by atoms with E-state index >= 15 is 0 Å². The minimum Gasteiger partial charge on any atom is -0.304 e. The highest BCUT2D eigenvalue weighted by atomic mass is 19.4. The molecule has 0 unspecified atom stereocenters. The van der Waals surface area contributed by atoms with Crippen molar-refractivity contribution < 1.29 is 27.2 Å². The summed E-state index contributed by atoms with van der Waals surface area (Å²) < 4.78 is 53.9. The lowest BCUT2D eigenvalue weighted by molar-refractivity contribution is -0.176. The van der Waals surface area contributed by atoms with Gasteiger partial charge in [0.05, 0.1) is 0 Å². The van der Waals surface area contributed by atoms with E-state index in [1.54, 1.807) is 26.0 Å². The maximum absolute atomic E-state index is 14.0. The lowest BCUT2D eigenvalue weighted by Crippen LogP contribution is -2.71. The van der Waals surface area contributed by atoms with Gasteiger partial charge in [-0.1, -0.05) is 17.7 Å². The lowest BCUT2D eigenvalue weighted by atomic mass is 10.1. The third-order valence-corrected chi connectivity index (χ3v) is 4.69. The van der Waals surface area contributed by atoms with Crippen LogP contribution in [0.3, 0.4) is 0 Å². The predicted octanol–water partition coefficient (Wildman–Crippen LogP) is 3.14. The smallest absolute Gasteiger partial charge is 0.304 e. The zero-order valence-corrected chi connectivity index (χ0v) is 14.7. The molecule has 6 nitrogen and oxygen atoms in total. The molecule has 1 aliphatic carbocycles. The Kier molecular flexibility index (Phi) is 5.02. The van der Waals surface area contributed by atoms with E-state index in [1.165, 1.54) is 6.07 Å². The van der Waals surface area contributed by atoms with Crippen molar-refractivity contribution >= 4 is 12.1 Å². The van der Waals surface area contributed by atoms with Gasteiger partial charge in [0.1, 0.15) is 11.9 Å². The van der Waals surface area contributed by atoms with Crippen molar-refractivity contribution in [3.63, 3.8) is 0 Å². The van der Waals surface area contributed by atoms with E-state index in [1.807, 2.05) is 0 Å². The summed E-state index contributed by atoms with van der Waals surface area (Å²) in [6, 6.07) is -0.522. The van der Waals surface area contributed by atoms with Crippen molar-refractivity contribution in [1.82, 2.24) is 20.9 Å². The van der Waals surface area contributed by atoms with Crippen LogP contribution in [0.2, 0.25) is 0 Å². The molecular formula is C17H20F4N4O2. The molecule has 1 aliphatic heterocycles. The molecule has 0 aromatic heterocycles. The van der Waals surface area contributed by atoms with Gasteiger partial charge < -0.3 is 10.6 Å². The van der Waals surface area contributed by atoms with Crippen molar-refractivity contribution in [2.24, 2.45) is 5.92 Å². The molecular weight excluding hydrogens is 368 g/mol. The summed E-state index contributed by atoms with van der Waals surface area (Å²) in [5.41, 5.74) is 1.13. The fourth-order valence-electron chi connectivity index (χ4n) is 3.22. The van der Waals surface area contributed by atoms with E-state index in [2.05, 4.69) is 16.0 Å². The molecule has 0 radical (unpaired) electrons. The van der Waals surface area contributed by atoms with Gasteiger partial charge >= 0.3 is 18.2 Å². The molecule has 3 rings (SSSR count). The van der Waals surface area contributed by atoms with Gasteiger partial charge in [0, 0.05) is 11.6 Å². The average Bonchev–Trinajstić information content (AvgIpc) is 3.36. The largest absolute Gasteiger partial charge is 0.409 e. The number of carbonyl (C=O) groups excluding carboxylic acids is 2. The SMILES string of the molecule is Cc1ccc(F)c([C@H](C)NC2NC(=O)N([C@H](C3CC3)C(F)(F)F)C(=O)N2)c1. The second kappa shape index (κ2) is 6.99. The van der Waals surface area contributed by atoms with E-state index in [-0.39, 0.29) is 4.90 Å². The van der Waals surface area contributed by atoms with Crippen LogP contribution >= 0.6 is 0 Å². The molecule has 27 heavy (non-hydrogen) atoms. The van der Waals surface area contributed by atoms with E-state index < -0.39 is 48.3 Å². The first-order valence-corrected chi connectivity index (χ1v) is 8.57. The Morgan fingerprint density at radius 3 is 2.30 bits per heavy atom. The van der Waals surface area contributed by atoms with Crippen molar-refractivity contribution in [2.75, 3.05) is 0 Å². The van der Waals surface area contributed by atoms with E-state index in [0.717, 1.165) is 5.56 Å². The van der Waals surface area contributed by atoms with Crippen LogP contribution in [0.15, 0.2) is 18.2 Å². The van der Waals surface area contributed by atoms with Crippen LogP contribution in [0.25, 0.3) is 0 Å². The van der Waals surface area contributed by atoms with Crippen LogP contribution in [-0.4, -0.2) is 35.5 Å². The number of carbonyl (C=O) groups is 2. The molecule has 1 aromatic carbocycles. The first-order chi connectivity index (χ1) is 12.6. The minimum absolute atomic E-state index is 0.188. The molecule has 10 heteroatoms. The highest BCUT2D eigenvalue weighted by Gasteiger charge is 2.56. The molecule has 2 atom stereocenters. The molecule has 1 heterocycles. The number of hydrogen-bond acceptors (Lipinski definition) is 3. The third kappa shape index (κ3) is 4.15. The molecule has 1 saturated carbocycles. The first-order valence-electron chi connectivity index (χ1n) is 8.57. The molecule has 0 bridgehead atoms. The van der Waals surface area contributed by atoms with Crippen LogP contribution in [-0.2, 0) is 0 Å². The van der Waals surface area contributed by atoms with Crippen LogP contribution in [0, 0.1) is 18.7 Å². The Hall–Kier alpha value is -2.36. The second-order valence-corrected chi connectivity index (χ2v) is 6.94. The lowest BCUT2D eigenvalue weighted by Gasteiger charge is -2.38. The Morgan fingerprint density at radius 2 is 1.78 bits per heavy atom. The number of benzene rings is 1. The zero-order chi connectivity index (χ0) is 19.9. The van der Waals surface area contributed by atoms with E-state index in [0.29, 0.717) is 18.4 Å². The molecule has 1 saturated heterocycles. The number of urea groups is 2. The number of nitrogens with zero attached hydrogens (tertiary/aromatic N) is 1. The molecule has 4 amide bonds. The van der Waals surface area contributed by atoms with Gasteiger partial charge in [-0.15, -0.1) is 0 Å². The summed E-state index contributed by atoms with van der Waals surface area (Å²) in [5.74, 6) is -1.24. The summed E-state index contributed by atoms with van der Waals surface area (Å²) in [4.78, 5) is 24.6. The van der Waals surface area contributed by atoms with Crippen molar-refractivity contribution in [3.8, 4) is 0 Å². The van der Waals surface area contributed by atoms with Gasteiger partial charge in [0.2, 0.25) is 0 Å². The van der Waals surface area contributed by atoms with Gasteiger partial charge in [-0.05, 0) is 38.7 Å². The molecule has 3 N–H and O–H groups in total. The minimum atomic E-state index is -4.70. The van der Waals surface area contributed by atoms with Gasteiger partial charge in [0.15, 0.2) is 6.29 Å². The fourth-order valence-corrected chi connectivity index (χ4v) is 3.22. The molecule has 148 valence electrons. The van der Waals surface area contributed by atoms with Crippen LogP contribution < -0.4 is 16.0 Å². The zero-order valence-electron chi connectivity index (χ0n) is 14.7. The highest BCUT2D eigenvalue weighted by Crippen LogP contribution is 2.43. The summed E-state index contributed by atoms with van der Waals surface area (Å²) in [6.07, 6.45) is -5.20. The van der Waals surface area contributed by atoms with E-state index in [4.69, 9.17) is 0 Å². The normalized spacial score (nSPS) is 20.9. The molecule has 2 aliphatic rings. The predicted molar refractivity (Wildman–Crippen MR) is 87.9 cm³/mol. The average molecular weight is 388 g/mol. The summed E-state index contributed by atoms with van der Waals surface area (Å²) in [5, 5.41) is 7.37. The fraction of sp³-hybridized carbons (Fsp3) is 0.529. The Labute approximate surface area is 153 Å². The van der Waals surface area contributed by atoms with Gasteiger partial charge in [-0.3, -0.25) is 5.32 Å². The number of imide groups is 1. The standard InChI is InChI=1S/C17H20F4N4O2/c1-8-3-6-12(18)11(7-8)9(2)22-14-23-15(26)25(16(27)24-14)13(10-4-5-10)17(19,20)21/h3,6-7,9-10,13-14,22H,4-5H2,1-2H3,(H,23,26)(H,24,27)/t9-,13+/m0/s1. The topological polar surface area (TPSA) is 73.5 Å². The quantitative estimate of drug-likeness (QED) is 0.679.